The first kappa shape index (κ1) is 19.0. The van der Waals surface area contributed by atoms with Crippen LogP contribution in [0.25, 0.3) is 21.8 Å². The van der Waals surface area contributed by atoms with Crippen molar-refractivity contribution in [2.75, 3.05) is 0 Å². The lowest BCUT2D eigenvalue weighted by Gasteiger charge is -2.29. The number of nitrogens with one attached hydrogen (secondary N) is 1. The quantitative estimate of drug-likeness (QED) is 0.634. The Morgan fingerprint density at radius 3 is 2.77 bits per heavy atom. The zero-order chi connectivity index (χ0) is 21.0. The fourth-order valence-corrected chi connectivity index (χ4v) is 5.23. The maximum atomic E-state index is 12.9. The van der Waals surface area contributed by atoms with Gasteiger partial charge in [-0.15, -0.1) is 11.3 Å². The van der Waals surface area contributed by atoms with Crippen molar-refractivity contribution in [2.24, 2.45) is 7.05 Å². The van der Waals surface area contributed by atoms with Crippen molar-refractivity contribution in [2.45, 2.75) is 25.4 Å². The van der Waals surface area contributed by atoms with Crippen LogP contribution in [0.4, 0.5) is 0 Å². The molecule has 1 N–H and O–H groups in total. The summed E-state index contributed by atoms with van der Waals surface area (Å²) in [4.78, 5) is 43.7. The number of carbonyl (C=O) groups excluding carboxylic acids is 3. The highest BCUT2D eigenvalue weighted by Crippen LogP contribution is 2.38. The van der Waals surface area contributed by atoms with Gasteiger partial charge in [-0.05, 0) is 36.2 Å². The van der Waals surface area contributed by atoms with Crippen molar-refractivity contribution >= 4 is 40.7 Å². The van der Waals surface area contributed by atoms with E-state index in [1.807, 2.05) is 35.9 Å². The first-order chi connectivity index (χ1) is 14.4. The van der Waals surface area contributed by atoms with Gasteiger partial charge in [-0.3, -0.25) is 19.7 Å². The first-order valence-electron chi connectivity index (χ1n) is 9.47. The predicted octanol–water partition coefficient (Wildman–Crippen LogP) is 3.23. The molecular formula is C21H17ClN4O3S. The van der Waals surface area contributed by atoms with E-state index in [1.54, 1.807) is 17.3 Å². The van der Waals surface area contributed by atoms with Gasteiger partial charge in [0.1, 0.15) is 6.04 Å². The number of hydrogen-bond donors (Lipinski definition) is 1. The number of halogens is 1. The van der Waals surface area contributed by atoms with Gasteiger partial charge in [-0.25, -0.2) is 4.98 Å². The Labute approximate surface area is 181 Å². The Morgan fingerprint density at radius 2 is 2.03 bits per heavy atom. The minimum atomic E-state index is -0.621. The molecule has 1 unspecified atom stereocenters. The summed E-state index contributed by atoms with van der Waals surface area (Å²) < 4.78 is 2.66. The molecule has 4 heterocycles. The highest BCUT2D eigenvalue weighted by Gasteiger charge is 2.39. The Kier molecular flexibility index (Phi) is 4.48. The van der Waals surface area contributed by atoms with Crippen LogP contribution in [0.3, 0.4) is 0 Å². The maximum Gasteiger partial charge on any atom is 0.255 e. The number of carbonyl (C=O) groups is 3. The molecule has 2 aliphatic rings. The lowest BCUT2D eigenvalue weighted by molar-refractivity contribution is -0.136. The second kappa shape index (κ2) is 7.07. The van der Waals surface area contributed by atoms with E-state index in [1.165, 1.54) is 11.3 Å². The van der Waals surface area contributed by atoms with Gasteiger partial charge in [-0.2, -0.15) is 0 Å². The van der Waals surface area contributed by atoms with Gasteiger partial charge in [0, 0.05) is 31.1 Å². The molecule has 3 aromatic rings. The molecule has 0 saturated carbocycles. The summed E-state index contributed by atoms with van der Waals surface area (Å²) in [5, 5.41) is 2.33. The highest BCUT2D eigenvalue weighted by atomic mass is 35.5. The van der Waals surface area contributed by atoms with E-state index in [0.29, 0.717) is 22.9 Å². The van der Waals surface area contributed by atoms with Crippen molar-refractivity contribution in [1.29, 1.82) is 0 Å². The van der Waals surface area contributed by atoms with Gasteiger partial charge in [0.15, 0.2) is 0 Å². The van der Waals surface area contributed by atoms with E-state index in [-0.39, 0.29) is 18.2 Å². The first-order valence-corrected chi connectivity index (χ1v) is 10.7. The van der Waals surface area contributed by atoms with E-state index in [9.17, 15) is 14.4 Å². The third-order valence-electron chi connectivity index (χ3n) is 5.54. The molecular weight excluding hydrogens is 424 g/mol. The normalized spacial score (nSPS) is 18.7. The molecule has 1 aromatic carbocycles. The molecule has 2 aliphatic heterocycles. The van der Waals surface area contributed by atoms with Crippen LogP contribution >= 0.6 is 22.9 Å². The van der Waals surface area contributed by atoms with Gasteiger partial charge >= 0.3 is 0 Å². The number of imide groups is 1. The van der Waals surface area contributed by atoms with Crippen molar-refractivity contribution in [3.05, 3.63) is 52.1 Å². The molecule has 5 rings (SSSR count). The third kappa shape index (κ3) is 3.03. The van der Waals surface area contributed by atoms with Gasteiger partial charge in [0.25, 0.3) is 5.91 Å². The van der Waals surface area contributed by atoms with Gasteiger partial charge in [-0.1, -0.05) is 17.7 Å². The largest absolute Gasteiger partial charge is 0.333 e. The molecule has 0 spiro atoms. The molecule has 152 valence electrons. The molecule has 1 atom stereocenters. The van der Waals surface area contributed by atoms with E-state index in [0.717, 1.165) is 27.4 Å². The highest BCUT2D eigenvalue weighted by molar-refractivity contribution is 7.19. The molecule has 2 aromatic heterocycles. The van der Waals surface area contributed by atoms with Crippen LogP contribution in [-0.2, 0) is 23.2 Å². The number of hydrogen-bond acceptors (Lipinski definition) is 5. The molecule has 1 saturated heterocycles. The van der Waals surface area contributed by atoms with Crippen molar-refractivity contribution in [3.63, 3.8) is 0 Å². The van der Waals surface area contributed by atoms with Crippen LogP contribution in [0.15, 0.2) is 36.7 Å². The molecule has 0 bridgehead atoms. The van der Waals surface area contributed by atoms with Gasteiger partial charge < -0.3 is 9.47 Å². The number of amides is 3. The monoisotopic (exact) mass is 440 g/mol. The summed E-state index contributed by atoms with van der Waals surface area (Å²) in [5.74, 6) is -0.884. The van der Waals surface area contributed by atoms with E-state index < -0.39 is 11.9 Å². The molecule has 3 amide bonds. The van der Waals surface area contributed by atoms with E-state index in [4.69, 9.17) is 11.6 Å². The van der Waals surface area contributed by atoms with Crippen molar-refractivity contribution in [1.82, 2.24) is 19.8 Å². The van der Waals surface area contributed by atoms with Crippen LogP contribution in [0.2, 0.25) is 4.34 Å². The minimum absolute atomic E-state index is 0.183. The average molecular weight is 441 g/mol. The Bertz CT molecular complexity index is 1210. The smallest absolute Gasteiger partial charge is 0.255 e. The Balaban J connectivity index is 1.49. The topological polar surface area (TPSA) is 84.3 Å². The molecule has 0 radical (unpaired) electrons. The lowest BCUT2D eigenvalue weighted by atomic mass is 10.0. The summed E-state index contributed by atoms with van der Waals surface area (Å²) in [7, 11) is 1.93. The van der Waals surface area contributed by atoms with Crippen LogP contribution < -0.4 is 5.32 Å². The number of rotatable bonds is 3. The summed E-state index contributed by atoms with van der Waals surface area (Å²) in [6, 6.07) is 8.84. The van der Waals surface area contributed by atoms with Gasteiger partial charge in [0.05, 0.1) is 26.9 Å². The SMILES string of the molecule is Cn1cnc(-c2ccc3c(c2)CN(C2CCC(=O)NC2=O)C3=O)c1-c1ccc(Cl)s1. The lowest BCUT2D eigenvalue weighted by Crippen LogP contribution is -2.52. The van der Waals surface area contributed by atoms with Gasteiger partial charge in [0.2, 0.25) is 11.8 Å². The van der Waals surface area contributed by atoms with Crippen LogP contribution in [0.5, 0.6) is 0 Å². The summed E-state index contributed by atoms with van der Waals surface area (Å²) in [5.41, 5.74) is 4.10. The van der Waals surface area contributed by atoms with Crippen molar-refractivity contribution in [3.8, 4) is 21.8 Å². The van der Waals surface area contributed by atoms with Crippen LogP contribution in [0, 0.1) is 0 Å². The molecule has 7 nitrogen and oxygen atoms in total. The standard InChI is InChI=1S/C21H17ClN4O3S/c1-25-10-23-18(19(25)15-5-6-16(22)30-15)11-2-3-13-12(8-11)9-26(21(13)29)14-4-7-17(27)24-20(14)28/h2-3,5-6,8,10,14H,4,7,9H2,1H3,(H,24,27,28). The fraction of sp³-hybridized carbons (Fsp3) is 0.238. The predicted molar refractivity (Wildman–Crippen MR) is 113 cm³/mol. The van der Waals surface area contributed by atoms with Crippen molar-refractivity contribution < 1.29 is 14.4 Å². The second-order valence-electron chi connectivity index (χ2n) is 7.43. The number of aryl methyl sites for hydroxylation is 1. The summed E-state index contributed by atoms with van der Waals surface area (Å²) in [6.45, 7) is 0.335. The molecule has 9 heteroatoms. The average Bonchev–Trinajstić information content (AvgIpc) is 3.39. The Morgan fingerprint density at radius 1 is 1.20 bits per heavy atom. The number of benzene rings is 1. The number of aromatic nitrogens is 2. The zero-order valence-electron chi connectivity index (χ0n) is 16.0. The number of piperidine rings is 1. The minimum Gasteiger partial charge on any atom is -0.333 e. The number of nitrogens with zero attached hydrogens (tertiary/aromatic N) is 3. The Hall–Kier alpha value is -2.97. The summed E-state index contributed by atoms with van der Waals surface area (Å²) >= 11 is 7.61. The number of imidazole rings is 1. The molecule has 30 heavy (non-hydrogen) atoms. The second-order valence-corrected chi connectivity index (χ2v) is 9.14. The van der Waals surface area contributed by atoms with Crippen LogP contribution in [0.1, 0.15) is 28.8 Å². The fourth-order valence-electron chi connectivity index (χ4n) is 4.10. The zero-order valence-corrected chi connectivity index (χ0v) is 17.6. The number of thiophene rings is 1. The summed E-state index contributed by atoms with van der Waals surface area (Å²) in [6.07, 6.45) is 2.34. The number of fused-ring (bicyclic) bond motifs is 1. The molecule has 1 fully saturated rings. The molecule has 0 aliphatic carbocycles. The van der Waals surface area contributed by atoms with E-state index in [2.05, 4.69) is 10.3 Å². The van der Waals surface area contributed by atoms with E-state index >= 15 is 0 Å². The van der Waals surface area contributed by atoms with Crippen LogP contribution in [-0.4, -0.2) is 38.2 Å². The maximum absolute atomic E-state index is 12.9. The third-order valence-corrected chi connectivity index (χ3v) is 6.78.